The second-order valence-electron chi connectivity index (χ2n) is 14.0. The van der Waals surface area contributed by atoms with Gasteiger partial charge in [0.1, 0.15) is 23.3 Å². The average molecular weight is 707 g/mol. The number of carbonyl (C=O) groups excluding carboxylic acids is 1. The molecule has 3 fully saturated rings. The van der Waals surface area contributed by atoms with Gasteiger partial charge in [-0.15, -0.1) is 0 Å². The summed E-state index contributed by atoms with van der Waals surface area (Å²) in [7, 11) is -4.20. The molecule has 0 spiro atoms. The number of fused-ring (bicyclic) bond motifs is 1. The van der Waals surface area contributed by atoms with Crippen LogP contribution in [0.3, 0.4) is 0 Å². The van der Waals surface area contributed by atoms with E-state index in [-0.39, 0.29) is 71.0 Å². The second kappa shape index (κ2) is 14.5. The molecule has 2 aliphatic heterocycles. The minimum absolute atomic E-state index is 0.0393. The molecule has 7 atom stereocenters. The molecule has 1 amide bonds. The number of rotatable bonds is 13. The Balaban J connectivity index is 1.22. The van der Waals surface area contributed by atoms with Crippen molar-refractivity contribution in [3.63, 3.8) is 0 Å². The fourth-order valence-electron chi connectivity index (χ4n) is 7.28. The van der Waals surface area contributed by atoms with Gasteiger partial charge in [-0.3, -0.25) is 0 Å². The van der Waals surface area contributed by atoms with Crippen LogP contribution in [0.25, 0.3) is 11.1 Å². The average Bonchev–Trinajstić information content (AvgIpc) is 3.71. The van der Waals surface area contributed by atoms with Crippen molar-refractivity contribution < 1.29 is 45.7 Å². The summed E-state index contributed by atoms with van der Waals surface area (Å²) < 4.78 is 80.7. The van der Waals surface area contributed by atoms with Crippen LogP contribution in [-0.2, 0) is 30.7 Å². The number of sulfonamides is 1. The number of hydrogen-bond donors (Lipinski definition) is 3. The number of nitrogens with zero attached hydrogens (tertiary/aromatic N) is 2. The zero-order valence-electron chi connectivity index (χ0n) is 28.0. The van der Waals surface area contributed by atoms with Crippen LogP contribution in [0.5, 0.6) is 0 Å². The summed E-state index contributed by atoms with van der Waals surface area (Å²) >= 11 is 0. The SMILES string of the molecule is CC(C)CN(C[C@@H](O)C(Cc1cc(F)cc(F)c1)NC(=O)O[C@H]1CC2CO[C@H]3OCCC1[C@@H]23)S(=O)(=O)c1ccc2nc(NC(C)C)oc2c1. The number of aromatic nitrogens is 1. The predicted octanol–water partition coefficient (Wildman–Crippen LogP) is 4.67. The molecule has 2 aromatic carbocycles. The quantitative estimate of drug-likeness (QED) is 0.229. The topological polar surface area (TPSA) is 152 Å². The maximum Gasteiger partial charge on any atom is 0.407 e. The smallest absolute Gasteiger partial charge is 0.407 e. The van der Waals surface area contributed by atoms with Crippen LogP contribution < -0.4 is 10.6 Å². The molecular weight excluding hydrogens is 662 g/mol. The number of aliphatic hydroxyl groups is 1. The summed E-state index contributed by atoms with van der Waals surface area (Å²) in [5, 5.41) is 17.4. The number of ether oxygens (including phenoxy) is 3. The van der Waals surface area contributed by atoms with Gasteiger partial charge in [0.15, 0.2) is 11.9 Å². The van der Waals surface area contributed by atoms with Gasteiger partial charge in [0.05, 0.1) is 30.3 Å². The van der Waals surface area contributed by atoms with E-state index in [2.05, 4.69) is 15.6 Å². The lowest BCUT2D eigenvalue weighted by molar-refractivity contribution is -0.173. The molecule has 1 aliphatic carbocycles. The lowest BCUT2D eigenvalue weighted by atomic mass is 9.87. The van der Waals surface area contributed by atoms with Gasteiger partial charge in [-0.1, -0.05) is 13.8 Å². The highest BCUT2D eigenvalue weighted by atomic mass is 32.2. The minimum atomic E-state index is -4.20. The van der Waals surface area contributed by atoms with Crippen LogP contribution >= 0.6 is 0 Å². The number of amides is 1. The third kappa shape index (κ3) is 8.01. The van der Waals surface area contributed by atoms with E-state index in [1.54, 1.807) is 6.07 Å². The minimum Gasteiger partial charge on any atom is -0.446 e. The lowest BCUT2D eigenvalue weighted by Gasteiger charge is -2.33. The van der Waals surface area contributed by atoms with Crippen LogP contribution in [0.1, 0.15) is 46.1 Å². The molecule has 0 radical (unpaired) electrons. The van der Waals surface area contributed by atoms with Crippen molar-refractivity contribution in [1.82, 2.24) is 14.6 Å². The summed E-state index contributed by atoms with van der Waals surface area (Å²) in [5.74, 6) is -1.39. The van der Waals surface area contributed by atoms with Gasteiger partial charge in [0.25, 0.3) is 6.01 Å². The molecule has 1 saturated carbocycles. The summed E-state index contributed by atoms with van der Waals surface area (Å²) in [5.41, 5.74) is 0.905. The molecule has 3 N–H and O–H groups in total. The summed E-state index contributed by atoms with van der Waals surface area (Å²) in [4.78, 5) is 17.7. The standard InChI is InChI=1S/C34H44F2N4O8S/c1-18(2)15-40(49(43,44)24-5-6-26-30(14-24)47-33(38-26)37-19(3)4)16-28(41)27(11-20-9-22(35)13-23(36)10-20)39-34(42)48-29-12-21-17-46-32-31(21)25(29)7-8-45-32/h5-6,9-10,13-14,18-19,21,25,27-29,31-32,41H,7-8,11-12,15-17H2,1-4H3,(H,37,38)(H,39,42)/t21?,25?,27?,28-,29+,31-,32-/m1/s1. The van der Waals surface area contributed by atoms with Crippen molar-refractivity contribution in [3.8, 4) is 0 Å². The molecule has 15 heteroatoms. The van der Waals surface area contributed by atoms with Crippen LogP contribution in [-0.4, -0.2) is 85.8 Å². The zero-order chi connectivity index (χ0) is 35.0. The highest BCUT2D eigenvalue weighted by Gasteiger charge is 2.55. The molecule has 3 unspecified atom stereocenters. The number of aliphatic hydroxyl groups excluding tert-OH is 1. The number of oxazole rings is 1. The fourth-order valence-corrected chi connectivity index (χ4v) is 8.92. The largest absolute Gasteiger partial charge is 0.446 e. The van der Waals surface area contributed by atoms with Crippen LogP contribution in [0.2, 0.25) is 0 Å². The first-order valence-electron chi connectivity index (χ1n) is 16.8. The number of benzene rings is 2. The van der Waals surface area contributed by atoms with Crippen LogP contribution in [0.15, 0.2) is 45.7 Å². The monoisotopic (exact) mass is 706 g/mol. The fraction of sp³-hybridized carbons (Fsp3) is 0.588. The molecular formula is C34H44F2N4O8S. The highest BCUT2D eigenvalue weighted by Crippen LogP contribution is 2.50. The first-order chi connectivity index (χ1) is 23.3. The van der Waals surface area contributed by atoms with Crippen molar-refractivity contribution in [2.45, 2.75) is 82.4 Å². The van der Waals surface area contributed by atoms with E-state index in [4.69, 9.17) is 18.6 Å². The van der Waals surface area contributed by atoms with E-state index in [0.29, 0.717) is 31.6 Å². The van der Waals surface area contributed by atoms with E-state index in [9.17, 15) is 27.1 Å². The number of nitrogens with one attached hydrogen (secondary N) is 2. The number of hydrogen-bond acceptors (Lipinski definition) is 10. The van der Waals surface area contributed by atoms with E-state index in [1.165, 1.54) is 12.1 Å². The molecule has 3 aromatic rings. The molecule has 0 bridgehead atoms. The van der Waals surface area contributed by atoms with Gasteiger partial charge < -0.3 is 34.4 Å². The Labute approximate surface area is 284 Å². The van der Waals surface area contributed by atoms with Gasteiger partial charge in [-0.05, 0) is 74.8 Å². The van der Waals surface area contributed by atoms with Crippen molar-refractivity contribution in [2.24, 2.45) is 23.7 Å². The molecule has 1 aromatic heterocycles. The van der Waals surface area contributed by atoms with Crippen LogP contribution in [0.4, 0.5) is 19.6 Å². The Morgan fingerprint density at radius 2 is 1.86 bits per heavy atom. The first-order valence-corrected chi connectivity index (χ1v) is 18.2. The Bertz CT molecular complexity index is 1730. The molecule has 12 nitrogen and oxygen atoms in total. The number of carbonyl (C=O) groups is 1. The Kier molecular flexibility index (Phi) is 10.5. The van der Waals surface area contributed by atoms with Gasteiger partial charge in [-0.25, -0.2) is 22.0 Å². The Morgan fingerprint density at radius 1 is 1.10 bits per heavy atom. The molecule has 6 rings (SSSR count). The van der Waals surface area contributed by atoms with Crippen molar-refractivity contribution in [3.05, 3.63) is 53.6 Å². The summed E-state index contributed by atoms with van der Waals surface area (Å²) in [6.45, 7) is 8.14. The Hall–Kier alpha value is -3.37. The molecule has 3 heterocycles. The van der Waals surface area contributed by atoms with Crippen LogP contribution in [0, 0.1) is 35.3 Å². The third-order valence-corrected chi connectivity index (χ3v) is 11.2. The maximum absolute atomic E-state index is 14.2. The molecule has 2 saturated heterocycles. The van der Waals surface area contributed by atoms with Crippen molar-refractivity contribution in [1.29, 1.82) is 0 Å². The normalized spacial score (nSPS) is 24.8. The third-order valence-electron chi connectivity index (χ3n) is 9.35. The Morgan fingerprint density at radius 3 is 2.57 bits per heavy atom. The lowest BCUT2D eigenvalue weighted by Crippen LogP contribution is -2.51. The number of alkyl carbamates (subject to hydrolysis) is 1. The van der Waals surface area contributed by atoms with Gasteiger partial charge >= 0.3 is 6.09 Å². The summed E-state index contributed by atoms with van der Waals surface area (Å²) in [6.07, 6.45) is -1.88. The molecule has 49 heavy (non-hydrogen) atoms. The first kappa shape index (κ1) is 35.5. The van der Waals surface area contributed by atoms with Gasteiger partial charge in [0.2, 0.25) is 10.0 Å². The second-order valence-corrected chi connectivity index (χ2v) is 15.9. The van der Waals surface area contributed by atoms with E-state index >= 15 is 0 Å². The zero-order valence-corrected chi connectivity index (χ0v) is 28.8. The summed E-state index contributed by atoms with van der Waals surface area (Å²) in [6, 6.07) is 6.43. The molecule has 268 valence electrons. The predicted molar refractivity (Wildman–Crippen MR) is 175 cm³/mol. The van der Waals surface area contributed by atoms with Gasteiger partial charge in [0, 0.05) is 43.1 Å². The number of halogens is 2. The van der Waals surface area contributed by atoms with E-state index < -0.39 is 52.5 Å². The number of anilines is 1. The maximum atomic E-state index is 14.2. The van der Waals surface area contributed by atoms with Gasteiger partial charge in [-0.2, -0.15) is 9.29 Å². The van der Waals surface area contributed by atoms with Crippen molar-refractivity contribution in [2.75, 3.05) is 31.6 Å². The highest BCUT2D eigenvalue weighted by molar-refractivity contribution is 7.89. The van der Waals surface area contributed by atoms with E-state index in [1.807, 2.05) is 27.7 Å². The van der Waals surface area contributed by atoms with E-state index in [0.717, 1.165) is 22.5 Å². The van der Waals surface area contributed by atoms with Crippen molar-refractivity contribution >= 4 is 33.2 Å². The molecule has 3 aliphatic rings.